The number of carbonyl (C=O) groups is 1. The van der Waals surface area contributed by atoms with Crippen LogP contribution < -0.4 is 4.43 Å². The zero-order chi connectivity index (χ0) is 13.1. The van der Waals surface area contributed by atoms with Gasteiger partial charge in [0.2, 0.25) is 13.6 Å². The molecule has 0 heterocycles. The molecule has 0 aliphatic carbocycles. The minimum Gasteiger partial charge on any atom is -0.543 e. The Morgan fingerprint density at radius 1 is 1.35 bits per heavy atom. The summed E-state index contributed by atoms with van der Waals surface area (Å²) in [6.07, 6.45) is 2.92. The van der Waals surface area contributed by atoms with E-state index in [-0.39, 0.29) is 0 Å². The van der Waals surface area contributed by atoms with Crippen LogP contribution in [0, 0.1) is 0 Å². The molecule has 0 saturated heterocycles. The topological polar surface area (TPSA) is 26.3 Å². The lowest BCUT2D eigenvalue weighted by Gasteiger charge is -2.20. The van der Waals surface area contributed by atoms with E-state index in [4.69, 9.17) is 27.6 Å². The predicted octanol–water partition coefficient (Wildman–Crippen LogP) is 4.33. The molecule has 0 aliphatic heterocycles. The van der Waals surface area contributed by atoms with Crippen molar-refractivity contribution in [1.82, 2.24) is 0 Å². The molecule has 0 aromatic heterocycles. The summed E-state index contributed by atoms with van der Waals surface area (Å²) in [6.45, 7) is 6.23. The maximum absolute atomic E-state index is 10.6. The summed E-state index contributed by atoms with van der Waals surface area (Å²) in [7, 11) is -1.70. The number of hydrogen-bond donors (Lipinski definition) is 0. The highest BCUT2D eigenvalue weighted by molar-refractivity contribution is 6.70. The fourth-order valence-corrected chi connectivity index (χ4v) is 2.31. The quantitative estimate of drug-likeness (QED) is 0.468. The molecule has 0 unspecified atom stereocenters. The first-order valence-electron chi connectivity index (χ1n) is 5.14. The van der Waals surface area contributed by atoms with Gasteiger partial charge in [0.05, 0.1) is 5.02 Å². The second-order valence-corrected chi connectivity index (χ2v) is 9.75. The molecule has 92 valence electrons. The van der Waals surface area contributed by atoms with Gasteiger partial charge in [-0.1, -0.05) is 23.7 Å². The average molecular weight is 289 g/mol. The van der Waals surface area contributed by atoms with Gasteiger partial charge >= 0.3 is 0 Å². The molecule has 1 aromatic rings. The normalized spacial score (nSPS) is 11.8. The van der Waals surface area contributed by atoms with Crippen LogP contribution in [0.3, 0.4) is 0 Å². The summed E-state index contributed by atoms with van der Waals surface area (Å²) >= 11 is 11.3. The largest absolute Gasteiger partial charge is 0.543 e. The first-order chi connectivity index (χ1) is 7.78. The molecular formula is C12H14Cl2O2Si. The standard InChI is InChI=1S/C12H14Cl2O2Si/c1-17(2,3)16-11-8-9(4-6-10(11)13)5-7-12(14)15/h4-8H,1-3H3/b7-5+. The van der Waals surface area contributed by atoms with E-state index in [0.717, 1.165) is 5.56 Å². The lowest BCUT2D eigenvalue weighted by Crippen LogP contribution is -2.29. The highest BCUT2D eigenvalue weighted by atomic mass is 35.5. The first-order valence-corrected chi connectivity index (χ1v) is 9.30. The van der Waals surface area contributed by atoms with Crippen molar-refractivity contribution >= 4 is 42.8 Å². The van der Waals surface area contributed by atoms with Crippen LogP contribution in [0.2, 0.25) is 24.7 Å². The Balaban J connectivity index is 2.98. The van der Waals surface area contributed by atoms with Crippen molar-refractivity contribution in [2.75, 3.05) is 0 Å². The Labute approximate surface area is 112 Å². The molecule has 5 heteroatoms. The lowest BCUT2D eigenvalue weighted by atomic mass is 10.2. The van der Waals surface area contributed by atoms with E-state index in [1.807, 2.05) is 0 Å². The Kier molecular flexibility index (Phi) is 4.80. The molecule has 0 N–H and O–H groups in total. The summed E-state index contributed by atoms with van der Waals surface area (Å²) < 4.78 is 5.84. The van der Waals surface area contributed by atoms with Crippen LogP contribution >= 0.6 is 23.2 Å². The Bertz CT molecular complexity index is 450. The Morgan fingerprint density at radius 3 is 2.53 bits per heavy atom. The molecule has 0 spiro atoms. The first kappa shape index (κ1) is 14.3. The van der Waals surface area contributed by atoms with Crippen molar-refractivity contribution in [2.45, 2.75) is 19.6 Å². The number of hydrogen-bond acceptors (Lipinski definition) is 2. The fraction of sp³-hybridized carbons (Fsp3) is 0.250. The van der Waals surface area contributed by atoms with Gasteiger partial charge in [-0.05, 0) is 55.0 Å². The van der Waals surface area contributed by atoms with Gasteiger partial charge in [-0.2, -0.15) is 0 Å². The minimum atomic E-state index is -1.70. The van der Waals surface area contributed by atoms with Crippen molar-refractivity contribution in [2.24, 2.45) is 0 Å². The van der Waals surface area contributed by atoms with Gasteiger partial charge in [-0.3, -0.25) is 4.79 Å². The number of rotatable bonds is 4. The summed E-state index contributed by atoms with van der Waals surface area (Å²) in [4.78, 5) is 10.6. The van der Waals surface area contributed by atoms with Crippen molar-refractivity contribution in [1.29, 1.82) is 0 Å². The average Bonchev–Trinajstić information content (AvgIpc) is 2.17. The summed E-state index contributed by atoms with van der Waals surface area (Å²) in [5, 5.41) is 0.0642. The molecule has 0 amide bonds. The molecular weight excluding hydrogens is 275 g/mol. The monoisotopic (exact) mass is 288 g/mol. The molecule has 0 bridgehead atoms. The van der Waals surface area contributed by atoms with E-state index in [2.05, 4.69) is 19.6 Å². The minimum absolute atomic E-state index is 0.507. The van der Waals surface area contributed by atoms with Crippen molar-refractivity contribution in [3.05, 3.63) is 34.9 Å². The third kappa shape index (κ3) is 5.39. The summed E-state index contributed by atoms with van der Waals surface area (Å²) in [6, 6.07) is 5.35. The van der Waals surface area contributed by atoms with E-state index in [9.17, 15) is 4.79 Å². The van der Waals surface area contributed by atoms with Crippen molar-refractivity contribution in [3.8, 4) is 5.75 Å². The molecule has 17 heavy (non-hydrogen) atoms. The molecule has 0 atom stereocenters. The number of carbonyl (C=O) groups excluding carboxylic acids is 1. The number of allylic oxidation sites excluding steroid dienone is 1. The summed E-state index contributed by atoms with van der Waals surface area (Å²) in [5.41, 5.74) is 0.830. The molecule has 0 fully saturated rings. The molecule has 1 rings (SSSR count). The Hall–Kier alpha value is -0.773. The van der Waals surface area contributed by atoms with Crippen LogP contribution in [0.15, 0.2) is 24.3 Å². The van der Waals surface area contributed by atoms with E-state index in [1.165, 1.54) is 6.08 Å². The lowest BCUT2D eigenvalue weighted by molar-refractivity contribution is -0.107. The highest BCUT2D eigenvalue weighted by Crippen LogP contribution is 2.28. The van der Waals surface area contributed by atoms with Crippen LogP contribution in [-0.2, 0) is 4.79 Å². The molecule has 0 radical (unpaired) electrons. The number of benzene rings is 1. The van der Waals surface area contributed by atoms with Crippen molar-refractivity contribution in [3.63, 3.8) is 0 Å². The van der Waals surface area contributed by atoms with Crippen LogP contribution in [-0.4, -0.2) is 13.6 Å². The molecule has 2 nitrogen and oxygen atoms in total. The van der Waals surface area contributed by atoms with E-state index in [0.29, 0.717) is 10.8 Å². The predicted molar refractivity (Wildman–Crippen MR) is 75.3 cm³/mol. The van der Waals surface area contributed by atoms with E-state index >= 15 is 0 Å². The molecule has 0 saturated carbocycles. The maximum atomic E-state index is 10.6. The molecule has 0 aliphatic rings. The molecule has 1 aromatic carbocycles. The van der Waals surface area contributed by atoms with Gasteiger partial charge < -0.3 is 4.43 Å². The zero-order valence-electron chi connectivity index (χ0n) is 9.96. The number of halogens is 2. The second-order valence-electron chi connectivity index (χ2n) is 4.54. The van der Waals surface area contributed by atoms with Gasteiger partial charge in [-0.15, -0.1) is 0 Å². The van der Waals surface area contributed by atoms with Crippen molar-refractivity contribution < 1.29 is 9.22 Å². The smallest absolute Gasteiger partial charge is 0.245 e. The zero-order valence-corrected chi connectivity index (χ0v) is 12.5. The van der Waals surface area contributed by atoms with E-state index in [1.54, 1.807) is 24.3 Å². The van der Waals surface area contributed by atoms with Gasteiger partial charge in [0.1, 0.15) is 5.75 Å². The Morgan fingerprint density at radius 2 is 2.00 bits per heavy atom. The maximum Gasteiger partial charge on any atom is 0.245 e. The second kappa shape index (κ2) is 5.71. The van der Waals surface area contributed by atoms with Gasteiger partial charge in [0, 0.05) is 0 Å². The van der Waals surface area contributed by atoms with E-state index < -0.39 is 13.6 Å². The fourth-order valence-electron chi connectivity index (χ4n) is 1.19. The summed E-state index contributed by atoms with van der Waals surface area (Å²) in [5.74, 6) is 0.648. The van der Waals surface area contributed by atoms with Gasteiger partial charge in [-0.25, -0.2) is 0 Å². The van der Waals surface area contributed by atoms with Gasteiger partial charge in [0.25, 0.3) is 0 Å². The van der Waals surface area contributed by atoms with Crippen LogP contribution in [0.5, 0.6) is 5.75 Å². The third-order valence-electron chi connectivity index (χ3n) is 1.78. The van der Waals surface area contributed by atoms with Crippen LogP contribution in [0.4, 0.5) is 0 Å². The highest BCUT2D eigenvalue weighted by Gasteiger charge is 2.17. The van der Waals surface area contributed by atoms with Crippen LogP contribution in [0.1, 0.15) is 5.56 Å². The van der Waals surface area contributed by atoms with Gasteiger partial charge in [0.15, 0.2) is 0 Å². The van der Waals surface area contributed by atoms with Crippen LogP contribution in [0.25, 0.3) is 6.08 Å². The third-order valence-corrected chi connectivity index (χ3v) is 3.05. The SMILES string of the molecule is C[Si](C)(C)Oc1cc(/C=C/C(=O)Cl)ccc1Cl.